The van der Waals surface area contributed by atoms with Crippen LogP contribution in [0, 0.1) is 5.92 Å². The predicted molar refractivity (Wildman–Crippen MR) is 106 cm³/mol. The molecule has 1 aromatic heterocycles. The van der Waals surface area contributed by atoms with Crippen molar-refractivity contribution in [1.29, 1.82) is 0 Å². The zero-order valence-corrected chi connectivity index (χ0v) is 16.6. The molecular formula is C22H27NO3S. The molecule has 2 aliphatic carbocycles. The van der Waals surface area contributed by atoms with Gasteiger partial charge in [0, 0.05) is 28.6 Å². The third kappa shape index (κ3) is 3.75. The second kappa shape index (κ2) is 8.01. The van der Waals surface area contributed by atoms with Crippen molar-refractivity contribution in [1.82, 2.24) is 5.32 Å². The van der Waals surface area contributed by atoms with E-state index in [1.165, 1.54) is 12.8 Å². The van der Waals surface area contributed by atoms with Gasteiger partial charge in [0.25, 0.3) is 0 Å². The average molecular weight is 386 g/mol. The summed E-state index contributed by atoms with van der Waals surface area (Å²) in [4.78, 5) is 27.1. The van der Waals surface area contributed by atoms with Crippen molar-refractivity contribution in [3.63, 3.8) is 0 Å². The zero-order valence-electron chi connectivity index (χ0n) is 15.8. The van der Waals surface area contributed by atoms with Crippen LogP contribution in [-0.4, -0.2) is 17.9 Å². The lowest BCUT2D eigenvalue weighted by molar-refractivity contribution is -0.145. The molecule has 0 aromatic carbocycles. The zero-order chi connectivity index (χ0) is 18.8. The van der Waals surface area contributed by atoms with Crippen molar-refractivity contribution in [3.8, 4) is 0 Å². The van der Waals surface area contributed by atoms with Crippen LogP contribution in [0.25, 0.3) is 0 Å². The highest BCUT2D eigenvalue weighted by molar-refractivity contribution is 7.10. The second-order valence-electron chi connectivity index (χ2n) is 7.82. The van der Waals surface area contributed by atoms with Gasteiger partial charge in [0.05, 0.1) is 11.5 Å². The SMILES string of the molecule is CC1=C(C(=O)OC2CCCCCC2)C(c2cccs2)C2C(=O)CCC=C2N1. The number of carbonyl (C=O) groups excluding carboxylic acids is 2. The van der Waals surface area contributed by atoms with Gasteiger partial charge in [-0.15, -0.1) is 11.3 Å². The molecule has 1 fully saturated rings. The quantitative estimate of drug-likeness (QED) is 0.598. The Labute approximate surface area is 164 Å². The van der Waals surface area contributed by atoms with E-state index >= 15 is 0 Å². The van der Waals surface area contributed by atoms with Gasteiger partial charge in [-0.25, -0.2) is 4.79 Å². The van der Waals surface area contributed by atoms with Gasteiger partial charge < -0.3 is 10.1 Å². The average Bonchev–Trinajstić information content (AvgIpc) is 3.06. The molecule has 27 heavy (non-hydrogen) atoms. The van der Waals surface area contributed by atoms with Gasteiger partial charge in [0.2, 0.25) is 0 Å². The van der Waals surface area contributed by atoms with E-state index in [4.69, 9.17) is 4.74 Å². The summed E-state index contributed by atoms with van der Waals surface area (Å²) in [5.74, 6) is -0.560. The molecule has 1 aromatic rings. The Bertz CT molecular complexity index is 769. The molecule has 2 atom stereocenters. The molecule has 0 bridgehead atoms. The molecule has 1 aliphatic heterocycles. The molecule has 2 unspecified atom stereocenters. The Balaban J connectivity index is 1.67. The summed E-state index contributed by atoms with van der Waals surface area (Å²) in [7, 11) is 0. The van der Waals surface area contributed by atoms with Gasteiger partial charge >= 0.3 is 5.97 Å². The van der Waals surface area contributed by atoms with Crippen LogP contribution in [0.5, 0.6) is 0 Å². The number of rotatable bonds is 3. The number of hydrogen-bond acceptors (Lipinski definition) is 5. The minimum atomic E-state index is -0.294. The maximum absolute atomic E-state index is 13.2. The maximum atomic E-state index is 13.2. The van der Waals surface area contributed by atoms with Gasteiger partial charge in [-0.05, 0) is 50.5 Å². The van der Waals surface area contributed by atoms with Gasteiger partial charge in [-0.2, -0.15) is 0 Å². The van der Waals surface area contributed by atoms with Crippen LogP contribution in [0.3, 0.4) is 0 Å². The van der Waals surface area contributed by atoms with Crippen LogP contribution >= 0.6 is 11.3 Å². The summed E-state index contributed by atoms with van der Waals surface area (Å²) in [6.07, 6.45) is 10.0. The van der Waals surface area contributed by atoms with Crippen molar-refractivity contribution in [2.45, 2.75) is 70.3 Å². The molecule has 0 saturated heterocycles. The second-order valence-corrected chi connectivity index (χ2v) is 8.80. The van der Waals surface area contributed by atoms with E-state index in [1.54, 1.807) is 11.3 Å². The first-order valence-electron chi connectivity index (χ1n) is 10.1. The fourth-order valence-corrected chi connectivity index (χ4v) is 5.51. The Morgan fingerprint density at radius 3 is 2.67 bits per heavy atom. The number of allylic oxidation sites excluding steroid dienone is 3. The molecule has 4 nitrogen and oxygen atoms in total. The third-order valence-electron chi connectivity index (χ3n) is 5.96. The Morgan fingerprint density at radius 2 is 1.96 bits per heavy atom. The summed E-state index contributed by atoms with van der Waals surface area (Å²) < 4.78 is 5.96. The van der Waals surface area contributed by atoms with Gasteiger partial charge in [0.15, 0.2) is 0 Å². The number of hydrogen-bond donors (Lipinski definition) is 1. The fourth-order valence-electron chi connectivity index (χ4n) is 4.63. The highest BCUT2D eigenvalue weighted by Gasteiger charge is 2.44. The molecule has 1 N–H and O–H groups in total. The molecule has 4 rings (SSSR count). The number of ether oxygens (including phenoxy) is 1. The molecule has 2 heterocycles. The highest BCUT2D eigenvalue weighted by atomic mass is 32.1. The highest BCUT2D eigenvalue weighted by Crippen LogP contribution is 2.45. The topological polar surface area (TPSA) is 55.4 Å². The molecule has 3 aliphatic rings. The van der Waals surface area contributed by atoms with Crippen LogP contribution < -0.4 is 5.32 Å². The van der Waals surface area contributed by atoms with Crippen LogP contribution in [0.1, 0.15) is 69.1 Å². The van der Waals surface area contributed by atoms with E-state index in [0.717, 1.165) is 48.4 Å². The monoisotopic (exact) mass is 385 g/mol. The predicted octanol–water partition coefficient (Wildman–Crippen LogP) is 4.84. The van der Waals surface area contributed by atoms with E-state index in [0.29, 0.717) is 12.0 Å². The van der Waals surface area contributed by atoms with Crippen molar-refractivity contribution < 1.29 is 14.3 Å². The normalized spacial score (nSPS) is 26.7. The Kier molecular flexibility index (Phi) is 5.48. The minimum Gasteiger partial charge on any atom is -0.459 e. The smallest absolute Gasteiger partial charge is 0.336 e. The number of carbonyl (C=O) groups is 2. The number of Topliss-reactive ketones (excluding diaryl/α,β-unsaturated/α-hetero) is 1. The van der Waals surface area contributed by atoms with Gasteiger partial charge in [-0.3, -0.25) is 4.79 Å². The molecule has 5 heteroatoms. The largest absolute Gasteiger partial charge is 0.459 e. The molecule has 144 valence electrons. The lowest BCUT2D eigenvalue weighted by atomic mass is 9.73. The number of ketones is 1. The maximum Gasteiger partial charge on any atom is 0.336 e. The molecular weight excluding hydrogens is 358 g/mol. The third-order valence-corrected chi connectivity index (χ3v) is 6.92. The van der Waals surface area contributed by atoms with Gasteiger partial charge in [-0.1, -0.05) is 25.0 Å². The van der Waals surface area contributed by atoms with E-state index in [9.17, 15) is 9.59 Å². The van der Waals surface area contributed by atoms with Crippen molar-refractivity contribution in [2.24, 2.45) is 5.92 Å². The summed E-state index contributed by atoms with van der Waals surface area (Å²) in [5.41, 5.74) is 2.41. The molecule has 0 amide bonds. The number of esters is 1. The van der Waals surface area contributed by atoms with Crippen molar-refractivity contribution in [3.05, 3.63) is 45.4 Å². The van der Waals surface area contributed by atoms with Crippen LogP contribution in [-0.2, 0) is 14.3 Å². The van der Waals surface area contributed by atoms with E-state index in [-0.39, 0.29) is 29.7 Å². The molecule has 0 spiro atoms. The van der Waals surface area contributed by atoms with Crippen LogP contribution in [0.4, 0.5) is 0 Å². The van der Waals surface area contributed by atoms with Gasteiger partial charge in [0.1, 0.15) is 11.9 Å². The lowest BCUT2D eigenvalue weighted by Crippen LogP contribution is -2.41. The molecule has 1 saturated carbocycles. The minimum absolute atomic E-state index is 0.00304. The summed E-state index contributed by atoms with van der Waals surface area (Å²) >= 11 is 1.61. The summed E-state index contributed by atoms with van der Waals surface area (Å²) in [6.45, 7) is 1.93. The standard InChI is InChI=1S/C22H27NO3S/c1-14-19(22(25)26-15-8-4-2-3-5-9-15)21(18-12-7-13-27-18)20-16(23-14)10-6-11-17(20)24/h7,10,12-13,15,20-21,23H,2-6,8-9,11H2,1H3. The van der Waals surface area contributed by atoms with Crippen molar-refractivity contribution >= 4 is 23.1 Å². The van der Waals surface area contributed by atoms with Crippen LogP contribution in [0.15, 0.2) is 40.6 Å². The Hall–Kier alpha value is -1.88. The Morgan fingerprint density at radius 1 is 1.19 bits per heavy atom. The first kappa shape index (κ1) is 18.5. The first-order valence-corrected chi connectivity index (χ1v) is 11.0. The lowest BCUT2D eigenvalue weighted by Gasteiger charge is -2.37. The number of thiophene rings is 1. The number of fused-ring (bicyclic) bond motifs is 1. The van der Waals surface area contributed by atoms with E-state index in [2.05, 4.69) is 11.4 Å². The summed E-state index contributed by atoms with van der Waals surface area (Å²) in [6, 6.07) is 4.02. The fraction of sp³-hybridized carbons (Fsp3) is 0.545. The van der Waals surface area contributed by atoms with E-state index in [1.807, 2.05) is 24.4 Å². The van der Waals surface area contributed by atoms with E-state index < -0.39 is 0 Å². The first-order chi connectivity index (χ1) is 13.1. The van der Waals surface area contributed by atoms with Crippen LogP contribution in [0.2, 0.25) is 0 Å². The summed E-state index contributed by atoms with van der Waals surface area (Å²) in [5, 5.41) is 5.36. The van der Waals surface area contributed by atoms with Crippen molar-refractivity contribution in [2.75, 3.05) is 0 Å². The molecule has 0 radical (unpaired) electrons. The number of nitrogens with one attached hydrogen (secondary N) is 1.